The Morgan fingerprint density at radius 3 is 2.69 bits per heavy atom. The van der Waals surface area contributed by atoms with Crippen LogP contribution in [-0.2, 0) is 13.5 Å². The van der Waals surface area contributed by atoms with Gasteiger partial charge in [-0.05, 0) is 18.2 Å². The van der Waals surface area contributed by atoms with Crippen LogP contribution in [0.4, 0.5) is 5.69 Å². The van der Waals surface area contributed by atoms with E-state index in [2.05, 4.69) is 48.5 Å². The van der Waals surface area contributed by atoms with Gasteiger partial charge in [0.2, 0.25) is 5.88 Å². The molecule has 1 aromatic carbocycles. The maximum Gasteiger partial charge on any atom is 0.224 e. The van der Waals surface area contributed by atoms with Crippen LogP contribution in [0, 0.1) is 0 Å². The van der Waals surface area contributed by atoms with Gasteiger partial charge in [0.05, 0.1) is 24.3 Å². The number of aromatic nitrogens is 4. The maximum absolute atomic E-state index is 5.38. The lowest BCUT2D eigenvalue weighted by atomic mass is 10.2. The zero-order valence-corrected chi connectivity index (χ0v) is 15.3. The minimum absolute atomic E-state index is 0.631. The first kappa shape index (κ1) is 16.8. The summed E-state index contributed by atoms with van der Waals surface area (Å²) in [4.78, 5) is 17.7. The Morgan fingerprint density at radius 2 is 1.96 bits per heavy atom. The van der Waals surface area contributed by atoms with Crippen molar-refractivity contribution >= 4 is 16.6 Å². The molecule has 0 aliphatic carbocycles. The normalized spacial score (nSPS) is 15.5. The van der Waals surface area contributed by atoms with Gasteiger partial charge >= 0.3 is 0 Å². The molecule has 1 aliphatic rings. The quantitative estimate of drug-likeness (QED) is 0.697. The Bertz CT molecular complexity index is 885. The van der Waals surface area contributed by atoms with Gasteiger partial charge in [0, 0.05) is 63.8 Å². The Labute approximate surface area is 153 Å². The first-order valence-corrected chi connectivity index (χ1v) is 8.96. The van der Waals surface area contributed by atoms with Crippen LogP contribution in [0.5, 0.6) is 5.88 Å². The Kier molecular flexibility index (Phi) is 4.71. The molecule has 1 aliphatic heterocycles. The number of anilines is 1. The monoisotopic (exact) mass is 352 g/mol. The summed E-state index contributed by atoms with van der Waals surface area (Å²) in [6.07, 6.45) is 6.41. The lowest BCUT2D eigenvalue weighted by molar-refractivity contribution is 0.259. The topological polar surface area (TPSA) is 59.3 Å². The SMILES string of the molecule is COc1ncnc2ccc(N3CCN(CCc4cncn4C)CC3)cc12. The number of fused-ring (bicyclic) bond motifs is 1. The molecule has 0 atom stereocenters. The van der Waals surface area contributed by atoms with E-state index in [1.54, 1.807) is 13.4 Å². The molecule has 1 fully saturated rings. The fourth-order valence-corrected chi connectivity index (χ4v) is 3.51. The van der Waals surface area contributed by atoms with Gasteiger partial charge < -0.3 is 14.2 Å². The van der Waals surface area contributed by atoms with Gasteiger partial charge in [-0.1, -0.05) is 0 Å². The van der Waals surface area contributed by atoms with E-state index in [9.17, 15) is 0 Å². The molecule has 0 amide bonds. The van der Waals surface area contributed by atoms with Gasteiger partial charge in [-0.15, -0.1) is 0 Å². The van der Waals surface area contributed by atoms with Crippen molar-refractivity contribution in [2.45, 2.75) is 6.42 Å². The van der Waals surface area contributed by atoms with Gasteiger partial charge in [-0.25, -0.2) is 15.0 Å². The Morgan fingerprint density at radius 1 is 1.12 bits per heavy atom. The van der Waals surface area contributed by atoms with Crippen molar-refractivity contribution < 1.29 is 4.74 Å². The second-order valence-corrected chi connectivity index (χ2v) is 6.66. The highest BCUT2D eigenvalue weighted by Gasteiger charge is 2.18. The zero-order valence-electron chi connectivity index (χ0n) is 15.3. The summed E-state index contributed by atoms with van der Waals surface area (Å²) in [6, 6.07) is 6.32. The van der Waals surface area contributed by atoms with Crippen molar-refractivity contribution in [1.82, 2.24) is 24.4 Å². The van der Waals surface area contributed by atoms with Crippen LogP contribution in [0.1, 0.15) is 5.69 Å². The van der Waals surface area contributed by atoms with E-state index < -0.39 is 0 Å². The van der Waals surface area contributed by atoms with E-state index in [1.807, 2.05) is 18.6 Å². The number of benzene rings is 1. The minimum atomic E-state index is 0.631. The molecule has 3 heterocycles. The summed E-state index contributed by atoms with van der Waals surface area (Å²) in [5, 5.41) is 0.964. The summed E-state index contributed by atoms with van der Waals surface area (Å²) >= 11 is 0. The average Bonchev–Trinajstić information content (AvgIpc) is 3.10. The number of ether oxygens (including phenoxy) is 1. The standard InChI is InChI=1S/C19H24N6O/c1-23-14-20-12-16(23)5-6-24-7-9-25(10-8-24)15-3-4-18-17(11-15)19(26-2)22-13-21-18/h3-4,11-14H,5-10H2,1-2H3. The number of imidazole rings is 1. The van der Waals surface area contributed by atoms with Crippen molar-refractivity contribution in [3.05, 3.63) is 42.7 Å². The predicted octanol–water partition coefficient (Wildman–Crippen LogP) is 1.74. The molecule has 0 bridgehead atoms. The van der Waals surface area contributed by atoms with Crippen molar-refractivity contribution in [2.75, 3.05) is 44.7 Å². The molecule has 136 valence electrons. The summed E-state index contributed by atoms with van der Waals surface area (Å²) in [7, 11) is 3.70. The Balaban J connectivity index is 1.40. The first-order chi connectivity index (χ1) is 12.7. The summed E-state index contributed by atoms with van der Waals surface area (Å²) in [6.45, 7) is 5.25. The molecule has 0 spiro atoms. The van der Waals surface area contributed by atoms with Crippen LogP contribution in [0.3, 0.4) is 0 Å². The van der Waals surface area contributed by atoms with Gasteiger partial charge in [0.1, 0.15) is 6.33 Å². The van der Waals surface area contributed by atoms with E-state index >= 15 is 0 Å². The van der Waals surface area contributed by atoms with Crippen molar-refractivity contribution in [3.63, 3.8) is 0 Å². The second-order valence-electron chi connectivity index (χ2n) is 6.66. The molecule has 1 saturated heterocycles. The van der Waals surface area contributed by atoms with Crippen molar-refractivity contribution in [1.29, 1.82) is 0 Å². The van der Waals surface area contributed by atoms with Crippen LogP contribution in [-0.4, -0.2) is 64.3 Å². The van der Waals surface area contributed by atoms with Gasteiger partial charge in [-0.3, -0.25) is 4.90 Å². The molecule has 0 radical (unpaired) electrons. The molecule has 7 heteroatoms. The molecular formula is C19H24N6O. The highest BCUT2D eigenvalue weighted by Crippen LogP contribution is 2.27. The molecule has 26 heavy (non-hydrogen) atoms. The molecule has 7 nitrogen and oxygen atoms in total. The van der Waals surface area contributed by atoms with Crippen LogP contribution in [0.2, 0.25) is 0 Å². The smallest absolute Gasteiger partial charge is 0.224 e. The number of nitrogens with zero attached hydrogens (tertiary/aromatic N) is 6. The lowest BCUT2D eigenvalue weighted by Crippen LogP contribution is -2.47. The minimum Gasteiger partial charge on any atom is -0.480 e. The fourth-order valence-electron chi connectivity index (χ4n) is 3.51. The van der Waals surface area contributed by atoms with Crippen molar-refractivity contribution in [3.8, 4) is 5.88 Å². The molecule has 0 unspecified atom stereocenters. The fraction of sp³-hybridized carbons (Fsp3) is 0.421. The summed E-state index contributed by atoms with van der Waals surface area (Å²) < 4.78 is 7.48. The highest BCUT2D eigenvalue weighted by molar-refractivity contribution is 5.86. The van der Waals surface area contributed by atoms with Crippen molar-refractivity contribution in [2.24, 2.45) is 7.05 Å². The average molecular weight is 352 g/mol. The molecule has 0 saturated carbocycles. The predicted molar refractivity (Wildman–Crippen MR) is 102 cm³/mol. The van der Waals surface area contributed by atoms with Crippen LogP contribution >= 0.6 is 0 Å². The number of aryl methyl sites for hydroxylation is 1. The van der Waals surface area contributed by atoms with E-state index in [-0.39, 0.29) is 0 Å². The first-order valence-electron chi connectivity index (χ1n) is 8.96. The third-order valence-electron chi connectivity index (χ3n) is 5.11. The van der Waals surface area contributed by atoms with E-state index in [4.69, 9.17) is 4.74 Å². The number of methoxy groups -OCH3 is 1. The third kappa shape index (κ3) is 3.35. The van der Waals surface area contributed by atoms with E-state index in [1.165, 1.54) is 11.4 Å². The van der Waals surface area contributed by atoms with Crippen LogP contribution in [0.25, 0.3) is 10.9 Å². The van der Waals surface area contributed by atoms with Crippen LogP contribution < -0.4 is 9.64 Å². The lowest BCUT2D eigenvalue weighted by Gasteiger charge is -2.36. The second kappa shape index (κ2) is 7.29. The van der Waals surface area contributed by atoms with Crippen LogP contribution in [0.15, 0.2) is 37.1 Å². The molecule has 2 aromatic heterocycles. The highest BCUT2D eigenvalue weighted by atomic mass is 16.5. The summed E-state index contributed by atoms with van der Waals surface area (Å²) in [5.74, 6) is 0.631. The van der Waals surface area contributed by atoms with Gasteiger partial charge in [0.25, 0.3) is 0 Å². The molecule has 0 N–H and O–H groups in total. The molecule has 4 rings (SSSR count). The number of hydrogen-bond donors (Lipinski definition) is 0. The number of rotatable bonds is 5. The maximum atomic E-state index is 5.38. The third-order valence-corrected chi connectivity index (χ3v) is 5.11. The zero-order chi connectivity index (χ0) is 17.9. The van der Waals surface area contributed by atoms with E-state index in [0.717, 1.165) is 50.0 Å². The number of piperazine rings is 1. The Hall–Kier alpha value is -2.67. The largest absolute Gasteiger partial charge is 0.480 e. The van der Waals surface area contributed by atoms with Gasteiger partial charge in [0.15, 0.2) is 0 Å². The number of hydrogen-bond acceptors (Lipinski definition) is 6. The summed E-state index contributed by atoms with van der Waals surface area (Å²) in [5.41, 5.74) is 3.40. The van der Waals surface area contributed by atoms with Gasteiger partial charge in [-0.2, -0.15) is 0 Å². The molecule has 3 aromatic rings. The van der Waals surface area contributed by atoms with E-state index in [0.29, 0.717) is 5.88 Å². The molecular weight excluding hydrogens is 328 g/mol.